The Morgan fingerprint density at radius 2 is 2.22 bits per heavy atom. The molecule has 0 radical (unpaired) electrons. The summed E-state index contributed by atoms with van der Waals surface area (Å²) < 4.78 is 6.90. The lowest BCUT2D eigenvalue weighted by atomic mass is 10.5. The minimum absolute atomic E-state index is 0.131. The molecule has 0 N–H and O–H groups in total. The molecule has 0 spiro atoms. The van der Waals surface area contributed by atoms with Crippen LogP contribution in [0.3, 0.4) is 0 Å². The summed E-state index contributed by atoms with van der Waals surface area (Å²) in [4.78, 5) is 13.7. The SMILES string of the molecule is CCN(CC)C(=O)CSc1nncn1CCOC. The second-order valence-electron chi connectivity index (χ2n) is 3.65. The Bertz CT molecular complexity index is 366. The molecule has 6 nitrogen and oxygen atoms in total. The average Bonchev–Trinajstić information content (AvgIpc) is 2.82. The average molecular weight is 272 g/mol. The second kappa shape index (κ2) is 8.10. The zero-order valence-corrected chi connectivity index (χ0v) is 11.9. The van der Waals surface area contributed by atoms with Crippen molar-refractivity contribution in [1.82, 2.24) is 19.7 Å². The molecule has 0 aliphatic heterocycles. The van der Waals surface area contributed by atoms with E-state index in [9.17, 15) is 4.79 Å². The highest BCUT2D eigenvalue weighted by Crippen LogP contribution is 2.15. The van der Waals surface area contributed by atoms with Crippen molar-refractivity contribution in [3.63, 3.8) is 0 Å². The lowest BCUT2D eigenvalue weighted by Crippen LogP contribution is -2.31. The number of carbonyl (C=O) groups is 1. The Balaban J connectivity index is 2.47. The van der Waals surface area contributed by atoms with Gasteiger partial charge in [-0.3, -0.25) is 4.79 Å². The van der Waals surface area contributed by atoms with Crippen LogP contribution < -0.4 is 0 Å². The van der Waals surface area contributed by atoms with Gasteiger partial charge in [0.25, 0.3) is 0 Å². The molecular formula is C11H20N4O2S. The first-order valence-electron chi connectivity index (χ1n) is 6.00. The Morgan fingerprint density at radius 3 is 2.83 bits per heavy atom. The predicted octanol–water partition coefficient (Wildman–Crippen LogP) is 0.885. The Labute approximate surface area is 112 Å². The molecule has 0 saturated carbocycles. The van der Waals surface area contributed by atoms with E-state index in [4.69, 9.17) is 4.74 Å². The number of aromatic nitrogens is 3. The first-order valence-corrected chi connectivity index (χ1v) is 6.98. The van der Waals surface area contributed by atoms with Gasteiger partial charge in [0, 0.05) is 26.7 Å². The quantitative estimate of drug-likeness (QED) is 0.658. The van der Waals surface area contributed by atoms with Gasteiger partial charge in [-0.1, -0.05) is 11.8 Å². The van der Waals surface area contributed by atoms with Gasteiger partial charge in [0.1, 0.15) is 6.33 Å². The summed E-state index contributed by atoms with van der Waals surface area (Å²) in [7, 11) is 1.65. The van der Waals surface area contributed by atoms with Gasteiger partial charge in [0.15, 0.2) is 5.16 Å². The first-order chi connectivity index (χ1) is 8.72. The van der Waals surface area contributed by atoms with E-state index in [1.54, 1.807) is 13.4 Å². The lowest BCUT2D eigenvalue weighted by molar-refractivity contribution is -0.127. The number of hydrogen-bond donors (Lipinski definition) is 0. The minimum atomic E-state index is 0.131. The molecule has 0 aromatic carbocycles. The van der Waals surface area contributed by atoms with Crippen molar-refractivity contribution in [3.8, 4) is 0 Å². The van der Waals surface area contributed by atoms with E-state index in [2.05, 4.69) is 10.2 Å². The fourth-order valence-electron chi connectivity index (χ4n) is 1.49. The molecule has 102 valence electrons. The van der Waals surface area contributed by atoms with Crippen LogP contribution in [0.5, 0.6) is 0 Å². The molecule has 0 fully saturated rings. The highest BCUT2D eigenvalue weighted by atomic mass is 32.2. The minimum Gasteiger partial charge on any atom is -0.383 e. The molecule has 0 aliphatic rings. The van der Waals surface area contributed by atoms with Crippen molar-refractivity contribution < 1.29 is 9.53 Å². The summed E-state index contributed by atoms with van der Waals surface area (Å²) in [5, 5.41) is 8.61. The maximum atomic E-state index is 11.8. The van der Waals surface area contributed by atoms with Crippen LogP contribution in [-0.4, -0.2) is 58.1 Å². The van der Waals surface area contributed by atoms with Crippen LogP contribution >= 0.6 is 11.8 Å². The normalized spacial score (nSPS) is 10.6. The van der Waals surface area contributed by atoms with Crippen molar-refractivity contribution in [1.29, 1.82) is 0 Å². The number of amides is 1. The number of hydrogen-bond acceptors (Lipinski definition) is 5. The number of nitrogens with zero attached hydrogens (tertiary/aromatic N) is 4. The third-order valence-electron chi connectivity index (χ3n) is 2.56. The van der Waals surface area contributed by atoms with E-state index < -0.39 is 0 Å². The first kappa shape index (κ1) is 15.0. The van der Waals surface area contributed by atoms with Crippen LogP contribution in [-0.2, 0) is 16.1 Å². The molecule has 1 aromatic rings. The standard InChI is InChI=1S/C11H20N4O2S/c1-4-14(5-2)10(16)8-18-11-13-12-9-15(11)6-7-17-3/h9H,4-8H2,1-3H3. The van der Waals surface area contributed by atoms with Gasteiger partial charge in [-0.2, -0.15) is 0 Å². The maximum absolute atomic E-state index is 11.8. The fraction of sp³-hybridized carbons (Fsp3) is 0.727. The summed E-state index contributed by atoms with van der Waals surface area (Å²) in [5.41, 5.74) is 0. The van der Waals surface area contributed by atoms with Gasteiger partial charge in [0.05, 0.1) is 12.4 Å². The number of methoxy groups -OCH3 is 1. The topological polar surface area (TPSA) is 60.2 Å². The van der Waals surface area contributed by atoms with Crippen LogP contribution in [0.25, 0.3) is 0 Å². The number of thioether (sulfide) groups is 1. The molecule has 0 aliphatic carbocycles. The predicted molar refractivity (Wildman–Crippen MR) is 70.6 cm³/mol. The molecule has 7 heteroatoms. The van der Waals surface area contributed by atoms with Gasteiger partial charge in [-0.15, -0.1) is 10.2 Å². The number of rotatable bonds is 8. The Kier molecular flexibility index (Phi) is 6.74. The van der Waals surface area contributed by atoms with Crippen LogP contribution in [0.1, 0.15) is 13.8 Å². The highest BCUT2D eigenvalue weighted by Gasteiger charge is 2.12. The zero-order chi connectivity index (χ0) is 13.4. The fourth-order valence-corrected chi connectivity index (χ4v) is 2.34. The van der Waals surface area contributed by atoms with E-state index in [-0.39, 0.29) is 5.91 Å². The summed E-state index contributed by atoms with van der Waals surface area (Å²) in [6, 6.07) is 0. The largest absolute Gasteiger partial charge is 0.383 e. The van der Waals surface area contributed by atoms with E-state index in [0.717, 1.165) is 18.2 Å². The molecule has 18 heavy (non-hydrogen) atoms. The number of ether oxygens (including phenoxy) is 1. The van der Waals surface area contributed by atoms with Crippen LogP contribution in [0.2, 0.25) is 0 Å². The highest BCUT2D eigenvalue weighted by molar-refractivity contribution is 7.99. The van der Waals surface area contributed by atoms with Gasteiger partial charge in [-0.25, -0.2) is 0 Å². The van der Waals surface area contributed by atoms with E-state index in [1.807, 2.05) is 23.3 Å². The monoisotopic (exact) mass is 272 g/mol. The molecule has 0 atom stereocenters. The molecule has 0 saturated heterocycles. The van der Waals surface area contributed by atoms with Crippen molar-refractivity contribution in [2.45, 2.75) is 25.5 Å². The molecule has 0 unspecified atom stereocenters. The molecule has 1 amide bonds. The smallest absolute Gasteiger partial charge is 0.233 e. The Hall–Kier alpha value is -1.08. The third kappa shape index (κ3) is 4.30. The van der Waals surface area contributed by atoms with Gasteiger partial charge < -0.3 is 14.2 Å². The molecule has 1 aromatic heterocycles. The second-order valence-corrected chi connectivity index (χ2v) is 4.60. The molecule has 1 rings (SSSR count). The van der Waals surface area contributed by atoms with Gasteiger partial charge >= 0.3 is 0 Å². The lowest BCUT2D eigenvalue weighted by Gasteiger charge is -2.17. The van der Waals surface area contributed by atoms with Gasteiger partial charge in [-0.05, 0) is 13.8 Å². The van der Waals surface area contributed by atoms with E-state index in [1.165, 1.54) is 11.8 Å². The Morgan fingerprint density at radius 1 is 1.50 bits per heavy atom. The van der Waals surface area contributed by atoms with Crippen LogP contribution in [0.4, 0.5) is 0 Å². The van der Waals surface area contributed by atoms with E-state index in [0.29, 0.717) is 18.9 Å². The molecule has 0 bridgehead atoms. The molecular weight excluding hydrogens is 252 g/mol. The summed E-state index contributed by atoms with van der Waals surface area (Å²) in [5.74, 6) is 0.527. The van der Waals surface area contributed by atoms with Crippen molar-refractivity contribution >= 4 is 17.7 Å². The maximum Gasteiger partial charge on any atom is 0.233 e. The van der Waals surface area contributed by atoms with E-state index >= 15 is 0 Å². The van der Waals surface area contributed by atoms with Crippen LogP contribution in [0.15, 0.2) is 11.5 Å². The summed E-state index contributed by atoms with van der Waals surface area (Å²) >= 11 is 1.41. The van der Waals surface area contributed by atoms with Crippen molar-refractivity contribution in [2.24, 2.45) is 0 Å². The van der Waals surface area contributed by atoms with Crippen molar-refractivity contribution in [2.75, 3.05) is 32.6 Å². The summed E-state index contributed by atoms with van der Waals surface area (Å²) in [6.07, 6.45) is 1.66. The number of carbonyl (C=O) groups excluding carboxylic acids is 1. The van der Waals surface area contributed by atoms with Crippen molar-refractivity contribution in [3.05, 3.63) is 6.33 Å². The molecule has 1 heterocycles. The zero-order valence-electron chi connectivity index (χ0n) is 11.1. The third-order valence-corrected chi connectivity index (χ3v) is 3.52. The van der Waals surface area contributed by atoms with Gasteiger partial charge in [0.2, 0.25) is 5.91 Å². The van der Waals surface area contributed by atoms with Crippen LogP contribution in [0, 0.1) is 0 Å². The summed E-state index contributed by atoms with van der Waals surface area (Å²) in [6.45, 7) is 6.75.